The second-order valence-corrected chi connectivity index (χ2v) is 5.00. The Bertz CT molecular complexity index is 419. The van der Waals surface area contributed by atoms with Crippen LogP contribution in [0.15, 0.2) is 12.3 Å². The number of nitrogens with one attached hydrogen (secondary N) is 1. The molecule has 0 bridgehead atoms. The number of hydrogen-bond acceptors (Lipinski definition) is 2. The Morgan fingerprint density at radius 2 is 2.21 bits per heavy atom. The van der Waals surface area contributed by atoms with Gasteiger partial charge >= 0.3 is 0 Å². The quantitative estimate of drug-likeness (QED) is 0.746. The Kier molecular flexibility index (Phi) is 1.80. The number of carbonyl (C=O) groups is 1. The Balaban J connectivity index is 2.16. The van der Waals surface area contributed by atoms with Crippen molar-refractivity contribution in [3.05, 3.63) is 21.4 Å². The highest BCUT2D eigenvalue weighted by atomic mass is 127. The van der Waals surface area contributed by atoms with Gasteiger partial charge in [0.25, 0.3) is 0 Å². The first-order valence-electron chi connectivity index (χ1n) is 4.72. The van der Waals surface area contributed by atoms with Gasteiger partial charge in [-0.05, 0) is 41.5 Å². The van der Waals surface area contributed by atoms with Gasteiger partial charge in [-0.1, -0.05) is 0 Å². The van der Waals surface area contributed by atoms with E-state index in [1.165, 1.54) is 9.13 Å². The van der Waals surface area contributed by atoms with E-state index in [1.54, 1.807) is 6.20 Å². The SMILES string of the molecule is O=C1Nc2nccc(I)c2C2CC[C@@H]12. The highest BCUT2D eigenvalue weighted by Gasteiger charge is 2.43. The highest BCUT2D eigenvalue weighted by molar-refractivity contribution is 14.1. The van der Waals surface area contributed by atoms with Crippen molar-refractivity contribution in [3.8, 4) is 0 Å². The first kappa shape index (κ1) is 8.64. The smallest absolute Gasteiger partial charge is 0.229 e. The van der Waals surface area contributed by atoms with E-state index >= 15 is 0 Å². The fourth-order valence-electron chi connectivity index (χ4n) is 2.27. The second kappa shape index (κ2) is 2.92. The fourth-order valence-corrected chi connectivity index (χ4v) is 3.09. The summed E-state index contributed by atoms with van der Waals surface area (Å²) >= 11 is 2.32. The largest absolute Gasteiger partial charge is 0.310 e. The van der Waals surface area contributed by atoms with Crippen LogP contribution in [0.4, 0.5) is 5.82 Å². The Labute approximate surface area is 95.4 Å². The lowest BCUT2D eigenvalue weighted by atomic mass is 9.68. The van der Waals surface area contributed by atoms with Crippen LogP contribution in [0.25, 0.3) is 0 Å². The summed E-state index contributed by atoms with van der Waals surface area (Å²) in [5, 5.41) is 2.88. The lowest BCUT2D eigenvalue weighted by molar-refractivity contribution is -0.123. The monoisotopic (exact) mass is 300 g/mol. The maximum absolute atomic E-state index is 11.6. The number of carbonyl (C=O) groups excluding carboxylic acids is 1. The zero-order chi connectivity index (χ0) is 9.71. The standard InChI is InChI=1S/C10H9IN2O/c11-7-3-4-12-9-8(7)5-1-2-6(5)10(14)13-9/h3-6H,1-2H2,(H,12,13,14)/t5?,6-/m1/s1. The topological polar surface area (TPSA) is 42.0 Å². The summed E-state index contributed by atoms with van der Waals surface area (Å²) in [4.78, 5) is 15.8. The van der Waals surface area contributed by atoms with Gasteiger partial charge in [-0.25, -0.2) is 4.98 Å². The van der Waals surface area contributed by atoms with E-state index in [1.807, 2.05) is 6.07 Å². The zero-order valence-electron chi connectivity index (χ0n) is 7.46. The van der Waals surface area contributed by atoms with E-state index < -0.39 is 0 Å². The Morgan fingerprint density at radius 3 is 2.93 bits per heavy atom. The number of halogens is 1. The van der Waals surface area contributed by atoms with Crippen LogP contribution in [0.1, 0.15) is 24.3 Å². The normalized spacial score (nSPS) is 28.5. The summed E-state index contributed by atoms with van der Waals surface area (Å²) in [6.07, 6.45) is 3.91. The van der Waals surface area contributed by atoms with E-state index in [0.29, 0.717) is 5.92 Å². The predicted molar refractivity (Wildman–Crippen MR) is 61.0 cm³/mol. The molecule has 1 unspecified atom stereocenters. The fraction of sp³-hybridized carbons (Fsp3) is 0.400. The lowest BCUT2D eigenvalue weighted by Crippen LogP contribution is -2.40. The van der Waals surface area contributed by atoms with Crippen LogP contribution in [0.3, 0.4) is 0 Å². The molecule has 3 rings (SSSR count). The van der Waals surface area contributed by atoms with E-state index in [9.17, 15) is 4.79 Å². The molecule has 2 heterocycles. The van der Waals surface area contributed by atoms with Crippen molar-refractivity contribution in [2.75, 3.05) is 5.32 Å². The van der Waals surface area contributed by atoms with Gasteiger partial charge in [0.15, 0.2) is 0 Å². The molecule has 1 amide bonds. The number of rotatable bonds is 0. The third-order valence-electron chi connectivity index (χ3n) is 3.16. The van der Waals surface area contributed by atoms with Gasteiger partial charge < -0.3 is 5.32 Å². The maximum atomic E-state index is 11.6. The molecule has 0 saturated heterocycles. The van der Waals surface area contributed by atoms with E-state index in [4.69, 9.17) is 0 Å². The second-order valence-electron chi connectivity index (χ2n) is 3.83. The van der Waals surface area contributed by atoms with Gasteiger partial charge in [-0.2, -0.15) is 0 Å². The molecule has 1 N–H and O–H groups in total. The average molecular weight is 300 g/mol. The number of fused-ring (bicyclic) bond motifs is 3. The van der Waals surface area contributed by atoms with Gasteiger partial charge in [0, 0.05) is 27.2 Å². The molecule has 0 radical (unpaired) electrons. The van der Waals surface area contributed by atoms with Crippen LogP contribution in [0.2, 0.25) is 0 Å². The third kappa shape index (κ3) is 1.03. The third-order valence-corrected chi connectivity index (χ3v) is 4.10. The summed E-state index contributed by atoms with van der Waals surface area (Å²) in [6.45, 7) is 0. The van der Waals surface area contributed by atoms with Gasteiger partial charge in [0.2, 0.25) is 5.91 Å². The molecule has 3 nitrogen and oxygen atoms in total. The van der Waals surface area contributed by atoms with Crippen molar-refractivity contribution >= 4 is 34.3 Å². The van der Waals surface area contributed by atoms with Crippen LogP contribution in [0.5, 0.6) is 0 Å². The Hall–Kier alpha value is -0.650. The number of anilines is 1. The number of pyridine rings is 1. The van der Waals surface area contributed by atoms with Crippen LogP contribution >= 0.6 is 22.6 Å². The van der Waals surface area contributed by atoms with Crippen LogP contribution < -0.4 is 5.32 Å². The number of nitrogens with zero attached hydrogens (tertiary/aromatic N) is 1. The molecule has 0 spiro atoms. The Morgan fingerprint density at radius 1 is 1.43 bits per heavy atom. The molecule has 0 aromatic carbocycles. The minimum absolute atomic E-state index is 0.156. The molecule has 14 heavy (non-hydrogen) atoms. The summed E-state index contributed by atoms with van der Waals surface area (Å²) in [5.41, 5.74) is 1.25. The molecule has 1 saturated carbocycles. The van der Waals surface area contributed by atoms with Crippen LogP contribution in [-0.4, -0.2) is 10.9 Å². The first-order chi connectivity index (χ1) is 6.77. The molecule has 72 valence electrons. The van der Waals surface area contributed by atoms with Gasteiger partial charge in [-0.3, -0.25) is 4.79 Å². The van der Waals surface area contributed by atoms with Crippen LogP contribution in [0, 0.1) is 9.49 Å². The van der Waals surface area contributed by atoms with E-state index in [-0.39, 0.29) is 11.8 Å². The summed E-state index contributed by atoms with van der Waals surface area (Å²) in [7, 11) is 0. The average Bonchev–Trinajstić information content (AvgIpc) is 2.07. The van der Waals surface area contributed by atoms with Gasteiger partial charge in [0.05, 0.1) is 0 Å². The van der Waals surface area contributed by atoms with Gasteiger partial charge in [0.1, 0.15) is 5.82 Å². The van der Waals surface area contributed by atoms with Crippen LogP contribution in [-0.2, 0) is 4.79 Å². The van der Waals surface area contributed by atoms with Crippen molar-refractivity contribution in [2.45, 2.75) is 18.8 Å². The summed E-state index contributed by atoms with van der Waals surface area (Å²) in [5.74, 6) is 1.57. The molecule has 1 aromatic heterocycles. The van der Waals surface area contributed by atoms with Crippen molar-refractivity contribution in [1.29, 1.82) is 0 Å². The van der Waals surface area contributed by atoms with Crippen molar-refractivity contribution < 1.29 is 4.79 Å². The maximum Gasteiger partial charge on any atom is 0.229 e. The number of hydrogen-bond donors (Lipinski definition) is 1. The van der Waals surface area contributed by atoms with E-state index in [0.717, 1.165) is 18.7 Å². The molecular formula is C10H9IN2O. The molecule has 1 aromatic rings. The molecule has 2 aliphatic rings. The molecule has 1 aliphatic heterocycles. The van der Waals surface area contributed by atoms with E-state index in [2.05, 4.69) is 32.9 Å². The zero-order valence-corrected chi connectivity index (χ0v) is 9.61. The lowest BCUT2D eigenvalue weighted by Gasteiger charge is -2.40. The number of amides is 1. The van der Waals surface area contributed by atoms with Crippen molar-refractivity contribution in [3.63, 3.8) is 0 Å². The summed E-state index contributed by atoms with van der Waals surface area (Å²) in [6, 6.07) is 2.01. The molecule has 1 fully saturated rings. The van der Waals surface area contributed by atoms with Crippen molar-refractivity contribution in [2.24, 2.45) is 5.92 Å². The first-order valence-corrected chi connectivity index (χ1v) is 5.80. The molecular weight excluding hydrogens is 291 g/mol. The molecule has 2 atom stereocenters. The highest BCUT2D eigenvalue weighted by Crippen LogP contribution is 2.49. The minimum Gasteiger partial charge on any atom is -0.310 e. The minimum atomic E-state index is 0.156. The van der Waals surface area contributed by atoms with Gasteiger partial charge in [-0.15, -0.1) is 0 Å². The van der Waals surface area contributed by atoms with Crippen molar-refractivity contribution in [1.82, 2.24) is 4.98 Å². The summed E-state index contributed by atoms with van der Waals surface area (Å²) < 4.78 is 1.22. The molecule has 1 aliphatic carbocycles. The number of aromatic nitrogens is 1. The predicted octanol–water partition coefficient (Wildman–Crippen LogP) is 2.13. The molecule has 4 heteroatoms.